The Labute approximate surface area is 67.9 Å². The first-order valence-electron chi connectivity index (χ1n) is 3.05. The number of aromatic nitrogens is 2. The first-order chi connectivity index (χ1) is 5.05. The van der Waals surface area contributed by atoms with Gasteiger partial charge >= 0.3 is 5.97 Å². The van der Waals surface area contributed by atoms with Crippen LogP contribution in [-0.2, 0) is 10.2 Å². The van der Waals surface area contributed by atoms with Crippen LogP contribution in [0, 0.1) is 0 Å². The second-order valence-corrected chi connectivity index (χ2v) is 3.51. The lowest BCUT2D eigenvalue weighted by atomic mass is 9.95. The van der Waals surface area contributed by atoms with Gasteiger partial charge in [-0.15, -0.1) is 21.5 Å². The lowest BCUT2D eigenvalue weighted by molar-refractivity contribution is -0.142. The number of carboxylic acids is 1. The third-order valence-electron chi connectivity index (χ3n) is 1.43. The highest BCUT2D eigenvalue weighted by Crippen LogP contribution is 2.23. The molecule has 0 aromatic carbocycles. The molecule has 1 rings (SSSR count). The number of rotatable bonds is 2. The Morgan fingerprint density at radius 2 is 2.36 bits per heavy atom. The molecule has 0 saturated heterocycles. The van der Waals surface area contributed by atoms with Crippen LogP contribution >= 0.6 is 11.3 Å². The average Bonchev–Trinajstić information content (AvgIpc) is 2.37. The van der Waals surface area contributed by atoms with Gasteiger partial charge in [0, 0.05) is 0 Å². The maximum absolute atomic E-state index is 10.7. The van der Waals surface area contributed by atoms with E-state index in [2.05, 4.69) is 10.2 Å². The van der Waals surface area contributed by atoms with Crippen LogP contribution in [0.3, 0.4) is 0 Å². The second kappa shape index (κ2) is 2.58. The number of carbonyl (C=O) groups is 1. The van der Waals surface area contributed by atoms with E-state index in [0.717, 1.165) is 0 Å². The van der Waals surface area contributed by atoms with Crippen LogP contribution in [0.1, 0.15) is 18.9 Å². The highest BCUT2D eigenvalue weighted by atomic mass is 32.1. The standard InChI is InChI=1S/C6H8N2O2S/c1-6(2,5(9)10)4-8-7-3-11-4/h3H,1-2H3,(H,9,10). The van der Waals surface area contributed by atoms with Crippen molar-refractivity contribution in [2.75, 3.05) is 0 Å². The van der Waals surface area contributed by atoms with Crippen LogP contribution < -0.4 is 0 Å². The molecule has 1 N–H and O–H groups in total. The molecule has 0 aliphatic heterocycles. The molecule has 0 bridgehead atoms. The van der Waals surface area contributed by atoms with Gasteiger partial charge in [0.05, 0.1) is 0 Å². The third-order valence-corrected chi connectivity index (χ3v) is 2.44. The zero-order valence-electron chi connectivity index (χ0n) is 6.24. The molecular weight excluding hydrogens is 164 g/mol. The summed E-state index contributed by atoms with van der Waals surface area (Å²) in [6.45, 7) is 3.21. The summed E-state index contributed by atoms with van der Waals surface area (Å²) in [5.74, 6) is -0.880. The molecule has 0 fully saturated rings. The SMILES string of the molecule is CC(C)(C(=O)O)c1nncs1. The largest absolute Gasteiger partial charge is 0.481 e. The van der Waals surface area contributed by atoms with Crippen molar-refractivity contribution in [3.8, 4) is 0 Å². The molecule has 11 heavy (non-hydrogen) atoms. The molecule has 60 valence electrons. The van der Waals surface area contributed by atoms with E-state index in [-0.39, 0.29) is 0 Å². The number of hydrogen-bond acceptors (Lipinski definition) is 4. The summed E-state index contributed by atoms with van der Waals surface area (Å²) in [7, 11) is 0. The summed E-state index contributed by atoms with van der Waals surface area (Å²) in [6, 6.07) is 0. The minimum atomic E-state index is -0.916. The van der Waals surface area contributed by atoms with Crippen molar-refractivity contribution in [3.63, 3.8) is 0 Å². The molecule has 1 aromatic heterocycles. The van der Waals surface area contributed by atoms with E-state index in [1.165, 1.54) is 16.8 Å². The fourth-order valence-electron chi connectivity index (χ4n) is 0.537. The highest BCUT2D eigenvalue weighted by Gasteiger charge is 2.32. The lowest BCUT2D eigenvalue weighted by Gasteiger charge is -2.13. The maximum atomic E-state index is 10.7. The first-order valence-corrected chi connectivity index (χ1v) is 3.93. The van der Waals surface area contributed by atoms with Gasteiger partial charge in [0.15, 0.2) is 0 Å². The number of carboxylic acid groups (broad SMARTS) is 1. The molecule has 0 radical (unpaired) electrons. The van der Waals surface area contributed by atoms with Crippen LogP contribution in [0.25, 0.3) is 0 Å². The normalized spacial score (nSPS) is 11.5. The summed E-state index contributed by atoms with van der Waals surface area (Å²) >= 11 is 1.26. The van der Waals surface area contributed by atoms with Crippen molar-refractivity contribution in [2.45, 2.75) is 19.3 Å². The van der Waals surface area contributed by atoms with Crippen molar-refractivity contribution in [2.24, 2.45) is 0 Å². The van der Waals surface area contributed by atoms with Crippen LogP contribution in [0.15, 0.2) is 5.51 Å². The van der Waals surface area contributed by atoms with Gasteiger partial charge in [-0.05, 0) is 13.8 Å². The summed E-state index contributed by atoms with van der Waals surface area (Å²) in [6.07, 6.45) is 0. The van der Waals surface area contributed by atoms with Crippen LogP contribution in [0.4, 0.5) is 0 Å². The van der Waals surface area contributed by atoms with Gasteiger partial charge in [0.25, 0.3) is 0 Å². The minimum absolute atomic E-state index is 0.532. The van der Waals surface area contributed by atoms with E-state index in [4.69, 9.17) is 5.11 Å². The van der Waals surface area contributed by atoms with E-state index in [9.17, 15) is 4.79 Å². The van der Waals surface area contributed by atoms with E-state index in [1.807, 2.05) is 0 Å². The Hall–Kier alpha value is -0.970. The molecule has 0 amide bonds. The minimum Gasteiger partial charge on any atom is -0.481 e. The van der Waals surface area contributed by atoms with E-state index >= 15 is 0 Å². The Bertz CT molecular complexity index is 256. The van der Waals surface area contributed by atoms with Gasteiger partial charge in [-0.1, -0.05) is 0 Å². The van der Waals surface area contributed by atoms with Crippen molar-refractivity contribution in [1.82, 2.24) is 10.2 Å². The summed E-state index contributed by atoms with van der Waals surface area (Å²) in [5.41, 5.74) is 0.612. The van der Waals surface area contributed by atoms with Gasteiger partial charge in [0.1, 0.15) is 15.9 Å². The van der Waals surface area contributed by atoms with E-state index in [0.29, 0.717) is 5.01 Å². The van der Waals surface area contributed by atoms with Gasteiger partial charge in [0.2, 0.25) is 0 Å². The van der Waals surface area contributed by atoms with Crippen LogP contribution in [0.5, 0.6) is 0 Å². The van der Waals surface area contributed by atoms with Crippen molar-refractivity contribution < 1.29 is 9.90 Å². The smallest absolute Gasteiger partial charge is 0.316 e. The monoisotopic (exact) mass is 172 g/mol. The Balaban J connectivity index is 3.00. The predicted molar refractivity (Wildman–Crippen MR) is 40.6 cm³/mol. The molecule has 0 atom stereocenters. The molecule has 5 heteroatoms. The molecule has 0 saturated carbocycles. The van der Waals surface area contributed by atoms with Gasteiger partial charge in [-0.3, -0.25) is 4.79 Å². The molecule has 0 aliphatic carbocycles. The highest BCUT2D eigenvalue weighted by molar-refractivity contribution is 7.09. The number of hydrogen-bond donors (Lipinski definition) is 1. The van der Waals surface area contributed by atoms with Gasteiger partial charge in [-0.2, -0.15) is 0 Å². The molecule has 1 aromatic rings. The molecule has 0 unspecified atom stereocenters. The van der Waals surface area contributed by atoms with Crippen molar-refractivity contribution in [3.05, 3.63) is 10.5 Å². The summed E-state index contributed by atoms with van der Waals surface area (Å²) < 4.78 is 0. The van der Waals surface area contributed by atoms with Crippen LogP contribution in [0.2, 0.25) is 0 Å². The fourth-order valence-corrected chi connectivity index (χ4v) is 1.21. The molecule has 0 spiro atoms. The van der Waals surface area contributed by atoms with Crippen LogP contribution in [-0.4, -0.2) is 21.3 Å². The predicted octanol–water partition coefficient (Wildman–Crippen LogP) is 0.900. The molecular formula is C6H8N2O2S. The topological polar surface area (TPSA) is 63.1 Å². The molecule has 0 aliphatic rings. The molecule has 4 nitrogen and oxygen atoms in total. The van der Waals surface area contributed by atoms with Crippen molar-refractivity contribution >= 4 is 17.3 Å². The number of aliphatic carboxylic acids is 1. The fraction of sp³-hybridized carbons (Fsp3) is 0.500. The summed E-state index contributed by atoms with van der Waals surface area (Å²) in [5, 5.41) is 16.6. The molecule has 1 heterocycles. The summed E-state index contributed by atoms with van der Waals surface area (Å²) in [4.78, 5) is 10.7. The van der Waals surface area contributed by atoms with Gasteiger partial charge in [-0.25, -0.2) is 0 Å². The quantitative estimate of drug-likeness (QED) is 0.719. The Morgan fingerprint density at radius 1 is 1.73 bits per heavy atom. The van der Waals surface area contributed by atoms with Gasteiger partial charge < -0.3 is 5.11 Å². The average molecular weight is 172 g/mol. The zero-order chi connectivity index (χ0) is 8.48. The zero-order valence-corrected chi connectivity index (χ0v) is 7.05. The number of nitrogens with zero attached hydrogens (tertiary/aromatic N) is 2. The second-order valence-electron chi connectivity index (χ2n) is 2.67. The van der Waals surface area contributed by atoms with E-state index in [1.54, 1.807) is 13.8 Å². The third kappa shape index (κ3) is 1.37. The lowest BCUT2D eigenvalue weighted by Crippen LogP contribution is -2.28. The maximum Gasteiger partial charge on any atom is 0.316 e. The Morgan fingerprint density at radius 3 is 2.73 bits per heavy atom. The Kier molecular flexibility index (Phi) is 1.90. The first kappa shape index (κ1) is 8.13. The van der Waals surface area contributed by atoms with E-state index < -0.39 is 11.4 Å². The van der Waals surface area contributed by atoms with Crippen molar-refractivity contribution in [1.29, 1.82) is 0 Å².